The Morgan fingerprint density at radius 3 is 2.29 bits per heavy atom. The van der Waals surface area contributed by atoms with Crippen LogP contribution in [0.5, 0.6) is 11.5 Å². The van der Waals surface area contributed by atoms with E-state index in [0.29, 0.717) is 22.6 Å². The number of para-hydroxylation sites is 1. The smallest absolute Gasteiger partial charge is 0.336 e. The van der Waals surface area contributed by atoms with E-state index in [0.717, 1.165) is 0 Å². The van der Waals surface area contributed by atoms with Crippen LogP contribution in [0.25, 0.3) is 11.6 Å². The van der Waals surface area contributed by atoms with Crippen LogP contribution in [0.2, 0.25) is 0 Å². The van der Waals surface area contributed by atoms with E-state index in [1.165, 1.54) is 7.11 Å². The van der Waals surface area contributed by atoms with Crippen LogP contribution >= 0.6 is 0 Å². The molecule has 4 heteroatoms. The number of rotatable bonds is 5. The number of benzene rings is 2. The summed E-state index contributed by atoms with van der Waals surface area (Å²) in [5.74, 6) is 0.0739. The number of hydrogen-bond donors (Lipinski definition) is 1. The molecule has 0 aliphatic heterocycles. The standard InChI is InChI=1S/C17H16O4/c1-20-15-10-6-9-13(16(15)21-2)11-14(17(18)19)12-7-4-3-5-8-12/h3-11H,1-2H3,(H,18,19)/b14-11+. The van der Waals surface area contributed by atoms with Crippen LogP contribution in [-0.4, -0.2) is 25.3 Å². The molecule has 0 fully saturated rings. The van der Waals surface area contributed by atoms with Gasteiger partial charge in [-0.05, 0) is 17.7 Å². The van der Waals surface area contributed by atoms with Crippen molar-refractivity contribution in [2.45, 2.75) is 0 Å². The second kappa shape index (κ2) is 6.61. The van der Waals surface area contributed by atoms with E-state index in [2.05, 4.69) is 0 Å². The molecule has 0 aliphatic carbocycles. The average molecular weight is 284 g/mol. The summed E-state index contributed by atoms with van der Waals surface area (Å²) < 4.78 is 10.5. The van der Waals surface area contributed by atoms with Crippen LogP contribution in [0.4, 0.5) is 0 Å². The highest BCUT2D eigenvalue weighted by molar-refractivity contribution is 6.20. The minimum atomic E-state index is -0.994. The first-order valence-corrected chi connectivity index (χ1v) is 6.38. The third kappa shape index (κ3) is 3.23. The monoisotopic (exact) mass is 284 g/mol. The fourth-order valence-corrected chi connectivity index (χ4v) is 2.07. The zero-order chi connectivity index (χ0) is 15.2. The maximum absolute atomic E-state index is 11.5. The van der Waals surface area contributed by atoms with Gasteiger partial charge >= 0.3 is 5.97 Å². The molecule has 0 aromatic heterocycles. The van der Waals surface area contributed by atoms with Crippen molar-refractivity contribution in [1.29, 1.82) is 0 Å². The molecule has 21 heavy (non-hydrogen) atoms. The van der Waals surface area contributed by atoms with E-state index in [9.17, 15) is 9.90 Å². The molecule has 0 unspecified atom stereocenters. The predicted molar refractivity (Wildman–Crippen MR) is 81.5 cm³/mol. The SMILES string of the molecule is COc1cccc(/C=C(/C(=O)O)c2ccccc2)c1OC. The van der Waals surface area contributed by atoms with Gasteiger partial charge in [-0.1, -0.05) is 42.5 Å². The van der Waals surface area contributed by atoms with Gasteiger partial charge in [0.2, 0.25) is 0 Å². The molecule has 0 amide bonds. The number of aliphatic carboxylic acids is 1. The van der Waals surface area contributed by atoms with Gasteiger partial charge in [-0.2, -0.15) is 0 Å². The number of carboxylic acids is 1. The summed E-state index contributed by atoms with van der Waals surface area (Å²) in [7, 11) is 3.07. The molecular weight excluding hydrogens is 268 g/mol. The first-order valence-electron chi connectivity index (χ1n) is 6.38. The van der Waals surface area contributed by atoms with Gasteiger partial charge in [0, 0.05) is 5.56 Å². The maximum atomic E-state index is 11.5. The zero-order valence-corrected chi connectivity index (χ0v) is 11.9. The number of hydrogen-bond acceptors (Lipinski definition) is 3. The Labute approximate surface area is 123 Å². The summed E-state index contributed by atoms with van der Waals surface area (Å²) in [6.45, 7) is 0. The highest BCUT2D eigenvalue weighted by Gasteiger charge is 2.13. The average Bonchev–Trinajstić information content (AvgIpc) is 2.52. The Morgan fingerprint density at radius 2 is 1.71 bits per heavy atom. The lowest BCUT2D eigenvalue weighted by atomic mass is 10.0. The van der Waals surface area contributed by atoms with Crippen LogP contribution in [0, 0.1) is 0 Å². The van der Waals surface area contributed by atoms with Crippen molar-refractivity contribution < 1.29 is 19.4 Å². The summed E-state index contributed by atoms with van der Waals surface area (Å²) in [6.07, 6.45) is 1.58. The topological polar surface area (TPSA) is 55.8 Å². The van der Waals surface area contributed by atoms with Crippen molar-refractivity contribution in [3.8, 4) is 11.5 Å². The second-order valence-electron chi connectivity index (χ2n) is 4.31. The van der Waals surface area contributed by atoms with Crippen LogP contribution in [0.3, 0.4) is 0 Å². The Bertz CT molecular complexity index is 660. The largest absolute Gasteiger partial charge is 0.493 e. The van der Waals surface area contributed by atoms with Gasteiger partial charge in [0.05, 0.1) is 19.8 Å². The molecule has 2 rings (SSSR count). The van der Waals surface area contributed by atoms with Crippen molar-refractivity contribution >= 4 is 17.6 Å². The minimum absolute atomic E-state index is 0.196. The lowest BCUT2D eigenvalue weighted by Crippen LogP contribution is -2.00. The fraction of sp³-hybridized carbons (Fsp3) is 0.118. The summed E-state index contributed by atoms with van der Waals surface area (Å²) in [5, 5.41) is 9.44. The molecule has 0 spiro atoms. The number of carboxylic acid groups (broad SMARTS) is 1. The van der Waals surface area contributed by atoms with Gasteiger partial charge in [-0.3, -0.25) is 0 Å². The molecule has 0 radical (unpaired) electrons. The van der Waals surface area contributed by atoms with Gasteiger partial charge in [0.25, 0.3) is 0 Å². The van der Waals surface area contributed by atoms with Gasteiger partial charge in [0.15, 0.2) is 11.5 Å². The molecule has 0 saturated carbocycles. The summed E-state index contributed by atoms with van der Waals surface area (Å²) in [5.41, 5.74) is 1.48. The van der Waals surface area contributed by atoms with E-state index in [4.69, 9.17) is 9.47 Å². The Balaban J connectivity index is 2.57. The van der Waals surface area contributed by atoms with Crippen molar-refractivity contribution in [3.63, 3.8) is 0 Å². The summed E-state index contributed by atoms with van der Waals surface area (Å²) in [6, 6.07) is 14.3. The third-order valence-electron chi connectivity index (χ3n) is 3.05. The Hall–Kier alpha value is -2.75. The molecular formula is C17H16O4. The molecule has 1 N–H and O–H groups in total. The first kappa shape index (κ1) is 14.7. The van der Waals surface area contributed by atoms with Crippen molar-refractivity contribution in [2.24, 2.45) is 0 Å². The van der Waals surface area contributed by atoms with Crippen molar-refractivity contribution in [1.82, 2.24) is 0 Å². The lowest BCUT2D eigenvalue weighted by molar-refractivity contribution is -0.130. The zero-order valence-electron chi connectivity index (χ0n) is 11.9. The summed E-state index contributed by atoms with van der Waals surface area (Å²) in [4.78, 5) is 11.5. The molecule has 2 aromatic carbocycles. The van der Waals surface area contributed by atoms with Crippen LogP contribution in [0.1, 0.15) is 11.1 Å². The predicted octanol–water partition coefficient (Wildman–Crippen LogP) is 3.33. The molecule has 2 aromatic rings. The van der Waals surface area contributed by atoms with Crippen LogP contribution in [0.15, 0.2) is 48.5 Å². The molecule has 0 aliphatic rings. The van der Waals surface area contributed by atoms with Gasteiger partial charge < -0.3 is 14.6 Å². The normalized spacial score (nSPS) is 11.0. The van der Waals surface area contributed by atoms with Crippen molar-refractivity contribution in [3.05, 3.63) is 59.7 Å². The molecule has 0 bridgehead atoms. The van der Waals surface area contributed by atoms with Gasteiger partial charge in [-0.15, -0.1) is 0 Å². The number of methoxy groups -OCH3 is 2. The molecule has 4 nitrogen and oxygen atoms in total. The molecule has 0 saturated heterocycles. The molecule has 108 valence electrons. The van der Waals surface area contributed by atoms with E-state index >= 15 is 0 Å². The van der Waals surface area contributed by atoms with Crippen LogP contribution in [-0.2, 0) is 4.79 Å². The molecule has 0 atom stereocenters. The highest BCUT2D eigenvalue weighted by atomic mass is 16.5. The van der Waals surface area contributed by atoms with E-state index in [-0.39, 0.29) is 5.57 Å². The number of ether oxygens (including phenoxy) is 2. The second-order valence-corrected chi connectivity index (χ2v) is 4.31. The molecule has 0 heterocycles. The minimum Gasteiger partial charge on any atom is -0.493 e. The number of carbonyl (C=O) groups is 1. The Kier molecular flexibility index (Phi) is 4.61. The fourth-order valence-electron chi connectivity index (χ4n) is 2.07. The first-order chi connectivity index (χ1) is 10.2. The van der Waals surface area contributed by atoms with Crippen molar-refractivity contribution in [2.75, 3.05) is 14.2 Å². The van der Waals surface area contributed by atoms with Crippen LogP contribution < -0.4 is 9.47 Å². The maximum Gasteiger partial charge on any atom is 0.336 e. The summed E-state index contributed by atoms with van der Waals surface area (Å²) >= 11 is 0. The van der Waals surface area contributed by atoms with Gasteiger partial charge in [0.1, 0.15) is 0 Å². The highest BCUT2D eigenvalue weighted by Crippen LogP contribution is 2.33. The Morgan fingerprint density at radius 1 is 1.00 bits per heavy atom. The quantitative estimate of drug-likeness (QED) is 0.676. The van der Waals surface area contributed by atoms with E-state index in [1.54, 1.807) is 55.7 Å². The third-order valence-corrected chi connectivity index (χ3v) is 3.05. The van der Waals surface area contributed by atoms with Gasteiger partial charge in [-0.25, -0.2) is 4.79 Å². The lowest BCUT2D eigenvalue weighted by Gasteiger charge is -2.11. The van der Waals surface area contributed by atoms with E-state index in [1.807, 2.05) is 6.07 Å². The van der Waals surface area contributed by atoms with E-state index < -0.39 is 5.97 Å².